The standard InChI is InChI=1S/C19H27N3O4.ClH/c1-12(2)18(20)19(24)21-11-17(23)22-7-3-4-14(22)13-5-6-15-16(10-13)26-9-8-25-15;/h5-6,10,12,14,18H,3-4,7-9,11,20H2,1-2H3,(H,21,24);1H/t14?,18-;/m0./s1. The molecular formula is C19H28ClN3O4. The normalized spacial score (nSPS) is 19.4. The van der Waals surface area contributed by atoms with Crippen LogP contribution >= 0.6 is 12.4 Å². The molecule has 2 atom stereocenters. The van der Waals surface area contributed by atoms with Crippen molar-refractivity contribution in [1.82, 2.24) is 10.2 Å². The Hall–Kier alpha value is -1.99. The van der Waals surface area contributed by atoms with Crippen molar-refractivity contribution >= 4 is 24.2 Å². The zero-order valence-electron chi connectivity index (χ0n) is 15.8. The Kier molecular flexibility index (Phi) is 7.33. The van der Waals surface area contributed by atoms with Crippen LogP contribution in [-0.2, 0) is 9.59 Å². The maximum Gasteiger partial charge on any atom is 0.242 e. The van der Waals surface area contributed by atoms with Crippen molar-refractivity contribution in [2.45, 2.75) is 38.8 Å². The maximum absolute atomic E-state index is 12.6. The minimum absolute atomic E-state index is 0. The van der Waals surface area contributed by atoms with Crippen molar-refractivity contribution in [2.24, 2.45) is 11.7 Å². The Morgan fingerprint density at radius 3 is 2.67 bits per heavy atom. The van der Waals surface area contributed by atoms with Gasteiger partial charge < -0.3 is 25.4 Å². The Labute approximate surface area is 166 Å². The Morgan fingerprint density at radius 2 is 1.96 bits per heavy atom. The predicted molar refractivity (Wildman–Crippen MR) is 104 cm³/mol. The molecule has 0 spiro atoms. The average Bonchev–Trinajstić information content (AvgIpc) is 3.14. The third kappa shape index (κ3) is 4.84. The van der Waals surface area contributed by atoms with E-state index < -0.39 is 6.04 Å². The van der Waals surface area contributed by atoms with Crippen LogP contribution in [0.2, 0.25) is 0 Å². The fourth-order valence-electron chi connectivity index (χ4n) is 3.36. The monoisotopic (exact) mass is 397 g/mol. The summed E-state index contributed by atoms with van der Waals surface area (Å²) < 4.78 is 11.2. The molecule has 2 aliphatic heterocycles. The van der Waals surface area contributed by atoms with E-state index in [1.165, 1.54) is 0 Å². The number of carbonyl (C=O) groups is 2. The van der Waals surface area contributed by atoms with Gasteiger partial charge in [0.25, 0.3) is 0 Å². The lowest BCUT2D eigenvalue weighted by Gasteiger charge is -2.27. The lowest BCUT2D eigenvalue weighted by atomic mass is 10.0. The van der Waals surface area contributed by atoms with Gasteiger partial charge in [-0.3, -0.25) is 9.59 Å². The summed E-state index contributed by atoms with van der Waals surface area (Å²) in [6.07, 6.45) is 1.83. The molecule has 1 fully saturated rings. The van der Waals surface area contributed by atoms with Crippen LogP contribution in [0.25, 0.3) is 0 Å². The summed E-state index contributed by atoms with van der Waals surface area (Å²) in [4.78, 5) is 26.4. The molecule has 2 aliphatic rings. The van der Waals surface area contributed by atoms with Gasteiger partial charge in [-0.2, -0.15) is 0 Å². The molecule has 27 heavy (non-hydrogen) atoms. The molecule has 3 rings (SSSR count). The molecule has 1 aromatic carbocycles. The van der Waals surface area contributed by atoms with Crippen molar-refractivity contribution in [3.05, 3.63) is 23.8 Å². The number of benzene rings is 1. The highest BCUT2D eigenvalue weighted by Gasteiger charge is 2.31. The van der Waals surface area contributed by atoms with Crippen LogP contribution in [0, 0.1) is 5.92 Å². The third-order valence-electron chi connectivity index (χ3n) is 4.96. The summed E-state index contributed by atoms with van der Waals surface area (Å²) in [7, 11) is 0. The summed E-state index contributed by atoms with van der Waals surface area (Å²) >= 11 is 0. The number of nitrogens with zero attached hydrogens (tertiary/aromatic N) is 1. The molecule has 0 bridgehead atoms. The molecule has 2 amide bonds. The van der Waals surface area contributed by atoms with Gasteiger partial charge in [0.2, 0.25) is 11.8 Å². The Balaban J connectivity index is 0.00000261. The van der Waals surface area contributed by atoms with Gasteiger partial charge in [-0.1, -0.05) is 19.9 Å². The summed E-state index contributed by atoms with van der Waals surface area (Å²) in [5, 5.41) is 2.66. The lowest BCUT2D eigenvalue weighted by Crippen LogP contribution is -2.47. The highest BCUT2D eigenvalue weighted by atomic mass is 35.5. The summed E-state index contributed by atoms with van der Waals surface area (Å²) in [6.45, 7) is 5.50. The van der Waals surface area contributed by atoms with Crippen LogP contribution < -0.4 is 20.5 Å². The van der Waals surface area contributed by atoms with Gasteiger partial charge in [-0.05, 0) is 36.5 Å². The van der Waals surface area contributed by atoms with Crippen LogP contribution in [0.1, 0.15) is 38.3 Å². The number of amides is 2. The van der Waals surface area contributed by atoms with E-state index in [4.69, 9.17) is 15.2 Å². The first-order valence-electron chi connectivity index (χ1n) is 9.19. The van der Waals surface area contributed by atoms with E-state index >= 15 is 0 Å². The van der Waals surface area contributed by atoms with Gasteiger partial charge in [0.1, 0.15) is 13.2 Å². The second-order valence-corrected chi connectivity index (χ2v) is 7.14. The quantitative estimate of drug-likeness (QED) is 0.787. The zero-order chi connectivity index (χ0) is 18.7. The van der Waals surface area contributed by atoms with Crippen molar-refractivity contribution in [1.29, 1.82) is 0 Å². The topological polar surface area (TPSA) is 93.9 Å². The molecule has 0 saturated carbocycles. The zero-order valence-corrected chi connectivity index (χ0v) is 16.6. The molecule has 1 saturated heterocycles. The largest absolute Gasteiger partial charge is 0.486 e. The fourth-order valence-corrected chi connectivity index (χ4v) is 3.36. The number of hydrogen-bond donors (Lipinski definition) is 2. The van der Waals surface area contributed by atoms with E-state index in [9.17, 15) is 9.59 Å². The molecule has 0 radical (unpaired) electrons. The Morgan fingerprint density at radius 1 is 1.26 bits per heavy atom. The molecule has 0 aliphatic carbocycles. The van der Waals surface area contributed by atoms with Crippen LogP contribution in [0.15, 0.2) is 18.2 Å². The van der Waals surface area contributed by atoms with E-state index in [0.717, 1.165) is 29.9 Å². The van der Waals surface area contributed by atoms with Gasteiger partial charge in [0, 0.05) is 6.54 Å². The van der Waals surface area contributed by atoms with E-state index in [2.05, 4.69) is 5.32 Å². The number of fused-ring (bicyclic) bond motifs is 1. The van der Waals surface area contributed by atoms with Crippen LogP contribution in [-0.4, -0.2) is 49.1 Å². The second kappa shape index (κ2) is 9.28. The lowest BCUT2D eigenvalue weighted by molar-refractivity contribution is -0.134. The first kappa shape index (κ1) is 21.3. The minimum Gasteiger partial charge on any atom is -0.486 e. The molecule has 8 heteroatoms. The first-order chi connectivity index (χ1) is 12.5. The minimum atomic E-state index is -0.602. The van der Waals surface area contributed by atoms with Gasteiger partial charge in [0.15, 0.2) is 11.5 Å². The van der Waals surface area contributed by atoms with E-state index in [0.29, 0.717) is 19.8 Å². The number of hydrogen-bond acceptors (Lipinski definition) is 5. The van der Waals surface area contributed by atoms with Gasteiger partial charge in [0.05, 0.1) is 18.6 Å². The van der Waals surface area contributed by atoms with Crippen molar-refractivity contribution in [3.8, 4) is 11.5 Å². The molecule has 2 heterocycles. The molecular weight excluding hydrogens is 370 g/mol. The maximum atomic E-state index is 12.6. The van der Waals surface area contributed by atoms with Crippen LogP contribution in [0.5, 0.6) is 11.5 Å². The number of nitrogens with one attached hydrogen (secondary N) is 1. The highest BCUT2D eigenvalue weighted by Crippen LogP contribution is 2.38. The predicted octanol–water partition coefficient (Wildman–Crippen LogP) is 1.64. The number of likely N-dealkylation sites (tertiary alicyclic amines) is 1. The summed E-state index contributed by atoms with van der Waals surface area (Å²) in [6, 6.07) is 5.23. The smallest absolute Gasteiger partial charge is 0.242 e. The van der Waals surface area contributed by atoms with Crippen molar-refractivity contribution in [3.63, 3.8) is 0 Å². The van der Waals surface area contributed by atoms with E-state index in [1.807, 2.05) is 36.9 Å². The highest BCUT2D eigenvalue weighted by molar-refractivity contribution is 5.87. The van der Waals surface area contributed by atoms with Gasteiger partial charge >= 0.3 is 0 Å². The molecule has 1 unspecified atom stereocenters. The van der Waals surface area contributed by atoms with Crippen molar-refractivity contribution < 1.29 is 19.1 Å². The number of halogens is 1. The average molecular weight is 398 g/mol. The molecule has 150 valence electrons. The third-order valence-corrected chi connectivity index (χ3v) is 4.96. The molecule has 0 aromatic heterocycles. The number of carbonyl (C=O) groups excluding carboxylic acids is 2. The number of nitrogens with two attached hydrogens (primary N) is 1. The van der Waals surface area contributed by atoms with Gasteiger partial charge in [-0.15, -0.1) is 12.4 Å². The van der Waals surface area contributed by atoms with E-state index in [-0.39, 0.29) is 42.7 Å². The van der Waals surface area contributed by atoms with Crippen molar-refractivity contribution in [2.75, 3.05) is 26.3 Å². The second-order valence-electron chi connectivity index (χ2n) is 7.14. The fraction of sp³-hybridized carbons (Fsp3) is 0.579. The molecule has 7 nitrogen and oxygen atoms in total. The number of ether oxygens (including phenoxy) is 2. The Bertz CT molecular complexity index is 683. The summed E-state index contributed by atoms with van der Waals surface area (Å²) in [5.41, 5.74) is 6.85. The van der Waals surface area contributed by atoms with E-state index in [1.54, 1.807) is 0 Å². The summed E-state index contributed by atoms with van der Waals surface area (Å²) in [5.74, 6) is 1.12. The van der Waals surface area contributed by atoms with Gasteiger partial charge in [-0.25, -0.2) is 0 Å². The van der Waals surface area contributed by atoms with Crippen LogP contribution in [0.4, 0.5) is 0 Å². The first-order valence-corrected chi connectivity index (χ1v) is 9.19. The molecule has 3 N–H and O–H groups in total. The number of rotatable bonds is 5. The van der Waals surface area contributed by atoms with Crippen LogP contribution in [0.3, 0.4) is 0 Å². The SMILES string of the molecule is CC(C)[C@H](N)C(=O)NCC(=O)N1CCCC1c1ccc2c(c1)OCCO2.Cl. The molecule has 1 aromatic rings.